The quantitative estimate of drug-likeness (QED) is 0.830. The van der Waals surface area contributed by atoms with E-state index in [4.69, 9.17) is 21.1 Å². The second-order valence-corrected chi connectivity index (χ2v) is 5.79. The van der Waals surface area contributed by atoms with Crippen molar-refractivity contribution in [2.75, 3.05) is 14.2 Å². The summed E-state index contributed by atoms with van der Waals surface area (Å²) in [6, 6.07) is 1.73. The summed E-state index contributed by atoms with van der Waals surface area (Å²) in [6.45, 7) is 2.02. The van der Waals surface area contributed by atoms with Crippen molar-refractivity contribution in [2.24, 2.45) is 5.92 Å². The smallest absolute Gasteiger partial charge is 0.303 e. The van der Waals surface area contributed by atoms with Gasteiger partial charge in [-0.2, -0.15) is 0 Å². The highest BCUT2D eigenvalue weighted by Gasteiger charge is 2.37. The number of rotatable bonds is 7. The first-order valence-corrected chi connectivity index (χ1v) is 7.56. The predicted molar refractivity (Wildman–Crippen MR) is 81.7 cm³/mol. The average Bonchev–Trinajstić information content (AvgIpc) is 3.28. The van der Waals surface area contributed by atoms with Crippen LogP contribution >= 0.6 is 11.6 Å². The topological polar surface area (TPSA) is 55.8 Å². The van der Waals surface area contributed by atoms with Gasteiger partial charge < -0.3 is 14.6 Å². The molecule has 1 aromatic rings. The van der Waals surface area contributed by atoms with Gasteiger partial charge >= 0.3 is 5.97 Å². The Hall–Kier alpha value is -1.42. The largest absolute Gasteiger partial charge is 0.493 e. The number of methoxy groups -OCH3 is 2. The van der Waals surface area contributed by atoms with Gasteiger partial charge in [0.05, 0.1) is 20.6 Å². The summed E-state index contributed by atoms with van der Waals surface area (Å²) in [6.07, 6.45) is 2.95. The number of carboxylic acid groups (broad SMARTS) is 1. The maximum atomic E-state index is 11.2. The van der Waals surface area contributed by atoms with E-state index in [-0.39, 0.29) is 12.3 Å². The molecule has 0 bridgehead atoms. The van der Waals surface area contributed by atoms with Crippen molar-refractivity contribution >= 4 is 17.6 Å². The van der Waals surface area contributed by atoms with E-state index < -0.39 is 5.97 Å². The van der Waals surface area contributed by atoms with Gasteiger partial charge in [0.2, 0.25) is 0 Å². The van der Waals surface area contributed by atoms with Crippen LogP contribution in [0.5, 0.6) is 11.5 Å². The molecule has 0 saturated heterocycles. The van der Waals surface area contributed by atoms with Crippen molar-refractivity contribution in [3.8, 4) is 11.5 Å². The van der Waals surface area contributed by atoms with E-state index >= 15 is 0 Å². The van der Waals surface area contributed by atoms with Crippen LogP contribution in [-0.4, -0.2) is 25.3 Å². The van der Waals surface area contributed by atoms with Crippen molar-refractivity contribution in [3.63, 3.8) is 0 Å². The van der Waals surface area contributed by atoms with Gasteiger partial charge in [0.25, 0.3) is 0 Å². The fourth-order valence-electron chi connectivity index (χ4n) is 2.99. The first-order chi connectivity index (χ1) is 10.0. The highest BCUT2D eigenvalue weighted by molar-refractivity contribution is 6.31. The Kier molecular flexibility index (Phi) is 4.99. The lowest BCUT2D eigenvalue weighted by atomic mass is 9.86. The molecule has 1 atom stereocenters. The van der Waals surface area contributed by atoms with Crippen LogP contribution in [0.15, 0.2) is 6.07 Å². The highest BCUT2D eigenvalue weighted by Crippen LogP contribution is 2.50. The van der Waals surface area contributed by atoms with E-state index in [1.165, 1.54) is 0 Å². The second kappa shape index (κ2) is 6.56. The second-order valence-electron chi connectivity index (χ2n) is 5.38. The summed E-state index contributed by atoms with van der Waals surface area (Å²) in [4.78, 5) is 11.2. The molecule has 0 amide bonds. The van der Waals surface area contributed by atoms with E-state index in [1.807, 2.05) is 6.92 Å². The maximum absolute atomic E-state index is 11.2. The van der Waals surface area contributed by atoms with Gasteiger partial charge in [-0.15, -0.1) is 0 Å². The first kappa shape index (κ1) is 16.0. The Labute approximate surface area is 130 Å². The van der Waals surface area contributed by atoms with Crippen LogP contribution in [0.3, 0.4) is 0 Å². The van der Waals surface area contributed by atoms with Crippen LogP contribution in [0, 0.1) is 5.92 Å². The number of hydrogen-bond donors (Lipinski definition) is 1. The van der Waals surface area contributed by atoms with Gasteiger partial charge in [-0.1, -0.05) is 18.5 Å². The number of benzene rings is 1. The molecule has 0 aromatic heterocycles. The van der Waals surface area contributed by atoms with Crippen LogP contribution in [0.2, 0.25) is 5.02 Å². The summed E-state index contributed by atoms with van der Waals surface area (Å²) in [5.41, 5.74) is 1.88. The molecule has 21 heavy (non-hydrogen) atoms. The maximum Gasteiger partial charge on any atom is 0.303 e. The number of ether oxygens (including phenoxy) is 2. The van der Waals surface area contributed by atoms with Crippen molar-refractivity contribution in [3.05, 3.63) is 22.2 Å². The average molecular weight is 313 g/mol. The summed E-state index contributed by atoms with van der Waals surface area (Å²) >= 11 is 6.44. The minimum Gasteiger partial charge on any atom is -0.493 e. The molecular weight excluding hydrogens is 292 g/mol. The predicted octanol–water partition coefficient (Wildman–Crippen LogP) is 3.89. The van der Waals surface area contributed by atoms with E-state index in [0.29, 0.717) is 22.4 Å². The normalized spacial score (nSPS) is 15.6. The van der Waals surface area contributed by atoms with E-state index in [9.17, 15) is 9.90 Å². The molecule has 116 valence electrons. The molecule has 1 aliphatic rings. The Morgan fingerprint density at radius 3 is 2.52 bits per heavy atom. The number of carboxylic acids is 1. The summed E-state index contributed by atoms with van der Waals surface area (Å²) in [5, 5.41) is 9.78. The molecule has 1 N–H and O–H groups in total. The minimum absolute atomic E-state index is 0.0512. The highest BCUT2D eigenvalue weighted by atomic mass is 35.5. The third-order valence-electron chi connectivity index (χ3n) is 4.07. The molecular formula is C16H21ClO4. The molecule has 1 aromatic carbocycles. The van der Waals surface area contributed by atoms with Gasteiger partial charge in [0, 0.05) is 16.7 Å². The van der Waals surface area contributed by atoms with Crippen molar-refractivity contribution in [1.82, 2.24) is 0 Å². The fraction of sp³-hybridized carbons (Fsp3) is 0.562. The van der Waals surface area contributed by atoms with Crippen LogP contribution < -0.4 is 9.47 Å². The standard InChI is InChI=1S/C16H21ClO4/c1-4-10-15(11(7-14(18)19)9-5-6-9)12(17)8-13(20-2)16(10)21-3/h8-9,11H,4-7H2,1-3H3,(H,18,19). The molecule has 2 rings (SSSR count). The van der Waals surface area contributed by atoms with Crippen molar-refractivity contribution < 1.29 is 19.4 Å². The SMILES string of the molecule is CCc1c(OC)c(OC)cc(Cl)c1C(CC(=O)O)C1CC1. The molecule has 0 aliphatic heterocycles. The number of hydrogen-bond acceptors (Lipinski definition) is 3. The number of halogens is 1. The van der Waals surface area contributed by atoms with Crippen molar-refractivity contribution in [2.45, 2.75) is 38.5 Å². The summed E-state index contributed by atoms with van der Waals surface area (Å²) in [5.74, 6) is 0.815. The first-order valence-electron chi connectivity index (χ1n) is 7.18. The molecule has 1 aliphatic carbocycles. The Bertz CT molecular complexity index is 538. The zero-order chi connectivity index (χ0) is 15.6. The summed E-state index contributed by atoms with van der Waals surface area (Å²) < 4.78 is 10.8. The monoisotopic (exact) mass is 312 g/mol. The van der Waals surface area contributed by atoms with Gasteiger partial charge in [0.1, 0.15) is 0 Å². The lowest BCUT2D eigenvalue weighted by molar-refractivity contribution is -0.137. The molecule has 5 heteroatoms. The zero-order valence-corrected chi connectivity index (χ0v) is 13.4. The van der Waals surface area contributed by atoms with Crippen LogP contribution in [0.25, 0.3) is 0 Å². The Morgan fingerprint density at radius 2 is 2.10 bits per heavy atom. The van der Waals surface area contributed by atoms with Gasteiger partial charge in [-0.3, -0.25) is 4.79 Å². The van der Waals surface area contributed by atoms with Crippen LogP contribution in [0.1, 0.15) is 43.2 Å². The molecule has 0 spiro atoms. The molecule has 1 saturated carbocycles. The van der Waals surface area contributed by atoms with Gasteiger partial charge in [-0.25, -0.2) is 0 Å². The Morgan fingerprint density at radius 1 is 1.43 bits per heavy atom. The lowest BCUT2D eigenvalue weighted by Gasteiger charge is -2.23. The molecule has 1 unspecified atom stereocenters. The fourth-order valence-corrected chi connectivity index (χ4v) is 3.35. The number of aliphatic carboxylic acids is 1. The third kappa shape index (κ3) is 3.26. The molecule has 1 fully saturated rings. The van der Waals surface area contributed by atoms with E-state index in [2.05, 4.69) is 0 Å². The molecule has 0 radical (unpaired) electrons. The van der Waals surface area contributed by atoms with Crippen LogP contribution in [-0.2, 0) is 11.2 Å². The summed E-state index contributed by atoms with van der Waals surface area (Å²) in [7, 11) is 3.17. The van der Waals surface area contributed by atoms with Gasteiger partial charge in [-0.05, 0) is 36.7 Å². The Balaban J connectivity index is 2.57. The van der Waals surface area contributed by atoms with E-state index in [1.54, 1.807) is 20.3 Å². The third-order valence-corrected chi connectivity index (χ3v) is 4.38. The minimum atomic E-state index is -0.792. The molecule has 0 heterocycles. The van der Waals surface area contributed by atoms with Crippen molar-refractivity contribution in [1.29, 1.82) is 0 Å². The van der Waals surface area contributed by atoms with Crippen LogP contribution in [0.4, 0.5) is 0 Å². The number of carbonyl (C=O) groups is 1. The molecule has 4 nitrogen and oxygen atoms in total. The van der Waals surface area contributed by atoms with Gasteiger partial charge in [0.15, 0.2) is 11.5 Å². The zero-order valence-electron chi connectivity index (χ0n) is 12.6. The lowest BCUT2D eigenvalue weighted by Crippen LogP contribution is -2.12. The van der Waals surface area contributed by atoms with E-state index in [0.717, 1.165) is 30.4 Å².